The van der Waals surface area contributed by atoms with E-state index in [-0.39, 0.29) is 6.10 Å². The fourth-order valence-electron chi connectivity index (χ4n) is 2.19. The second-order valence-electron chi connectivity index (χ2n) is 4.11. The monoisotopic (exact) mass is 308 g/mol. The zero-order valence-electron chi connectivity index (χ0n) is 8.38. The summed E-state index contributed by atoms with van der Waals surface area (Å²) < 4.78 is 0.925. The van der Waals surface area contributed by atoms with E-state index in [0.717, 1.165) is 21.5 Å². The van der Waals surface area contributed by atoms with E-state index in [1.54, 1.807) is 11.3 Å². The first-order valence-electron chi connectivity index (χ1n) is 5.31. The van der Waals surface area contributed by atoms with Crippen molar-refractivity contribution >= 4 is 38.9 Å². The van der Waals surface area contributed by atoms with Gasteiger partial charge in [0.2, 0.25) is 0 Å². The molecular formula is C11H14BrClOS. The first kappa shape index (κ1) is 11.9. The Balaban J connectivity index is 2.08. The highest BCUT2D eigenvalue weighted by Gasteiger charge is 2.24. The Kier molecular flexibility index (Phi) is 4.10. The van der Waals surface area contributed by atoms with E-state index >= 15 is 0 Å². The molecule has 4 heteroatoms. The zero-order chi connectivity index (χ0) is 10.8. The summed E-state index contributed by atoms with van der Waals surface area (Å²) in [6, 6.07) is 1.88. The quantitative estimate of drug-likeness (QED) is 0.833. The molecule has 0 aliphatic heterocycles. The molecule has 0 radical (unpaired) electrons. The van der Waals surface area contributed by atoms with Gasteiger partial charge in [0.25, 0.3) is 0 Å². The van der Waals surface area contributed by atoms with Crippen molar-refractivity contribution in [1.29, 1.82) is 0 Å². The highest BCUT2D eigenvalue weighted by Crippen LogP contribution is 2.41. The van der Waals surface area contributed by atoms with Crippen LogP contribution in [0.3, 0.4) is 0 Å². The van der Waals surface area contributed by atoms with Gasteiger partial charge >= 0.3 is 0 Å². The lowest BCUT2D eigenvalue weighted by Gasteiger charge is -2.25. The molecule has 1 heterocycles. The summed E-state index contributed by atoms with van der Waals surface area (Å²) in [6.45, 7) is 0. The summed E-state index contributed by atoms with van der Waals surface area (Å²) in [7, 11) is 0. The van der Waals surface area contributed by atoms with Crippen molar-refractivity contribution in [3.8, 4) is 0 Å². The van der Waals surface area contributed by atoms with Gasteiger partial charge in [-0.3, -0.25) is 0 Å². The Morgan fingerprint density at radius 3 is 2.60 bits per heavy atom. The molecule has 1 aromatic heterocycles. The number of rotatable bonds is 2. The molecule has 1 atom stereocenters. The predicted octanol–water partition coefficient (Wildman–Crippen LogP) is 4.78. The molecule has 84 valence electrons. The van der Waals surface area contributed by atoms with Gasteiger partial charge in [-0.05, 0) is 40.8 Å². The van der Waals surface area contributed by atoms with Crippen LogP contribution in [0.2, 0.25) is 5.02 Å². The van der Waals surface area contributed by atoms with Crippen LogP contribution in [0.15, 0.2) is 9.85 Å². The van der Waals surface area contributed by atoms with Crippen LogP contribution >= 0.6 is 38.9 Å². The first-order chi connectivity index (χ1) is 7.18. The van der Waals surface area contributed by atoms with Gasteiger partial charge < -0.3 is 5.11 Å². The predicted molar refractivity (Wildman–Crippen MR) is 68.6 cm³/mol. The van der Waals surface area contributed by atoms with Crippen molar-refractivity contribution < 1.29 is 5.11 Å². The highest BCUT2D eigenvalue weighted by molar-refractivity contribution is 9.11. The van der Waals surface area contributed by atoms with Crippen molar-refractivity contribution in [1.82, 2.24) is 0 Å². The highest BCUT2D eigenvalue weighted by atomic mass is 79.9. The van der Waals surface area contributed by atoms with Crippen molar-refractivity contribution in [3.63, 3.8) is 0 Å². The van der Waals surface area contributed by atoms with Gasteiger partial charge in [-0.1, -0.05) is 30.9 Å². The molecule has 2 rings (SSSR count). The van der Waals surface area contributed by atoms with Crippen LogP contribution in [0, 0.1) is 5.92 Å². The Hall–Kier alpha value is 0.430. The molecule has 1 saturated carbocycles. The Bertz CT molecular complexity index is 314. The van der Waals surface area contributed by atoms with E-state index in [1.807, 2.05) is 6.07 Å². The molecule has 0 bridgehead atoms. The summed E-state index contributed by atoms with van der Waals surface area (Å²) in [6.07, 6.45) is 5.80. The van der Waals surface area contributed by atoms with Gasteiger partial charge in [-0.2, -0.15) is 0 Å². The summed E-state index contributed by atoms with van der Waals surface area (Å²) in [4.78, 5) is 0.999. The maximum absolute atomic E-state index is 10.2. The second-order valence-corrected chi connectivity index (χ2v) is 6.92. The van der Waals surface area contributed by atoms with E-state index in [0.29, 0.717) is 10.9 Å². The van der Waals surface area contributed by atoms with Crippen molar-refractivity contribution in [2.45, 2.75) is 38.2 Å². The van der Waals surface area contributed by atoms with Crippen molar-refractivity contribution in [3.05, 3.63) is 19.8 Å². The molecule has 1 nitrogen and oxygen atoms in total. The molecule has 0 amide bonds. The second kappa shape index (κ2) is 5.17. The summed E-state index contributed by atoms with van der Waals surface area (Å²) in [5.74, 6) is 0.431. The standard InChI is InChI=1S/C11H14BrClOS/c12-11-8(13)6-9(15-11)10(14)7-4-2-1-3-5-7/h6-7,10,14H,1-5H2. The van der Waals surface area contributed by atoms with E-state index in [2.05, 4.69) is 15.9 Å². The SMILES string of the molecule is OC(c1cc(Cl)c(Br)s1)C1CCCCC1. The minimum Gasteiger partial charge on any atom is -0.387 e. The van der Waals surface area contributed by atoms with Gasteiger partial charge in [0.05, 0.1) is 14.9 Å². The molecule has 0 aromatic carbocycles. The smallest absolute Gasteiger partial charge is 0.0910 e. The van der Waals surface area contributed by atoms with Gasteiger partial charge in [0.1, 0.15) is 0 Å². The first-order valence-corrected chi connectivity index (χ1v) is 7.30. The maximum Gasteiger partial charge on any atom is 0.0910 e. The topological polar surface area (TPSA) is 20.2 Å². The van der Waals surface area contributed by atoms with E-state index in [4.69, 9.17) is 11.6 Å². The number of aliphatic hydroxyl groups is 1. The fourth-order valence-corrected chi connectivity index (χ4v) is 4.02. The molecule has 0 spiro atoms. The molecule has 1 N–H and O–H groups in total. The molecule has 1 aliphatic carbocycles. The minimum atomic E-state index is -0.320. The van der Waals surface area contributed by atoms with Gasteiger partial charge in [-0.15, -0.1) is 11.3 Å². The van der Waals surface area contributed by atoms with Crippen LogP contribution in [-0.4, -0.2) is 5.11 Å². The lowest BCUT2D eigenvalue weighted by atomic mass is 9.85. The normalized spacial score (nSPS) is 20.5. The Morgan fingerprint density at radius 2 is 2.07 bits per heavy atom. The van der Waals surface area contributed by atoms with Crippen molar-refractivity contribution in [2.24, 2.45) is 5.92 Å². The number of thiophene rings is 1. The van der Waals surface area contributed by atoms with Crippen LogP contribution in [0.25, 0.3) is 0 Å². The third-order valence-corrected chi connectivity index (χ3v) is 5.60. The number of hydrogen-bond acceptors (Lipinski definition) is 2. The van der Waals surface area contributed by atoms with Crippen LogP contribution in [0.4, 0.5) is 0 Å². The molecule has 15 heavy (non-hydrogen) atoms. The fraction of sp³-hybridized carbons (Fsp3) is 0.636. The molecule has 1 unspecified atom stereocenters. The Labute approximate surface area is 108 Å². The van der Waals surface area contributed by atoms with E-state index in [9.17, 15) is 5.11 Å². The zero-order valence-corrected chi connectivity index (χ0v) is 11.5. The van der Waals surface area contributed by atoms with Gasteiger partial charge in [0.15, 0.2) is 0 Å². The van der Waals surface area contributed by atoms with Crippen LogP contribution in [0.1, 0.15) is 43.1 Å². The Morgan fingerprint density at radius 1 is 1.40 bits per heavy atom. The van der Waals surface area contributed by atoms with Crippen molar-refractivity contribution in [2.75, 3.05) is 0 Å². The molecular weight excluding hydrogens is 296 g/mol. The minimum absolute atomic E-state index is 0.320. The molecule has 1 aromatic rings. The summed E-state index contributed by atoms with van der Waals surface area (Å²) in [5.41, 5.74) is 0. The lowest BCUT2D eigenvalue weighted by Crippen LogP contribution is -2.14. The van der Waals surface area contributed by atoms with Crippen LogP contribution in [0.5, 0.6) is 0 Å². The summed E-state index contributed by atoms with van der Waals surface area (Å²) in [5, 5.41) is 10.9. The van der Waals surface area contributed by atoms with E-state index < -0.39 is 0 Å². The van der Waals surface area contributed by atoms with Gasteiger partial charge in [-0.25, -0.2) is 0 Å². The van der Waals surface area contributed by atoms with Crippen LogP contribution in [-0.2, 0) is 0 Å². The summed E-state index contributed by atoms with van der Waals surface area (Å²) >= 11 is 10.9. The molecule has 1 aliphatic rings. The van der Waals surface area contributed by atoms with E-state index in [1.165, 1.54) is 19.3 Å². The van der Waals surface area contributed by atoms with Gasteiger partial charge in [0, 0.05) is 4.88 Å². The number of hydrogen-bond donors (Lipinski definition) is 1. The number of halogens is 2. The largest absolute Gasteiger partial charge is 0.387 e. The number of aliphatic hydroxyl groups excluding tert-OH is 1. The average molecular weight is 310 g/mol. The lowest BCUT2D eigenvalue weighted by molar-refractivity contribution is 0.0879. The molecule has 1 fully saturated rings. The average Bonchev–Trinajstić information content (AvgIpc) is 2.59. The molecule has 0 saturated heterocycles. The third-order valence-electron chi connectivity index (χ3n) is 3.05. The third kappa shape index (κ3) is 2.76. The maximum atomic E-state index is 10.2. The van der Waals surface area contributed by atoms with Crippen LogP contribution < -0.4 is 0 Å².